The van der Waals surface area contributed by atoms with E-state index in [9.17, 15) is 9.46 Å². The fraction of sp³-hybridized carbons (Fsp3) is 0.333. The van der Waals surface area contributed by atoms with Crippen LogP contribution in [0.15, 0.2) is 12.7 Å². The van der Waals surface area contributed by atoms with Crippen LogP contribution in [-0.4, -0.2) is 6.61 Å². The molecule has 1 unspecified atom stereocenters. The summed E-state index contributed by atoms with van der Waals surface area (Å²) >= 11 is 0. The van der Waals surface area contributed by atoms with Gasteiger partial charge in [-0.15, -0.1) is 11.1 Å². The van der Waals surface area contributed by atoms with Gasteiger partial charge in [-0.25, -0.2) is 0 Å². The van der Waals surface area contributed by atoms with Gasteiger partial charge in [-0.3, -0.25) is 0 Å². The van der Waals surface area contributed by atoms with Gasteiger partial charge in [-0.1, -0.05) is 6.08 Å². The van der Waals surface area contributed by atoms with E-state index in [0.29, 0.717) is 0 Å². The summed E-state index contributed by atoms with van der Waals surface area (Å²) in [4.78, 5) is 9.53. The molecule has 0 aromatic rings. The van der Waals surface area contributed by atoms with Gasteiger partial charge in [0.05, 0.1) is 0 Å². The van der Waals surface area contributed by atoms with Crippen molar-refractivity contribution in [3.05, 3.63) is 12.7 Å². The molecule has 0 aliphatic rings. The second-order valence-corrected chi connectivity index (χ2v) is 1.51. The maximum Gasteiger partial charge on any atom is 1.00 e. The van der Waals surface area contributed by atoms with Crippen LogP contribution in [0.3, 0.4) is 0 Å². The third-order valence-corrected chi connectivity index (χ3v) is 0.658. The van der Waals surface area contributed by atoms with E-state index >= 15 is 0 Å². The molecule has 0 radical (unpaired) electrons. The van der Waals surface area contributed by atoms with Crippen molar-refractivity contribution in [1.82, 2.24) is 0 Å². The minimum absolute atomic E-state index is 0. The molecule has 0 aliphatic heterocycles. The maximum atomic E-state index is 9.53. The van der Waals surface area contributed by atoms with E-state index in [0.717, 1.165) is 0 Å². The second-order valence-electron chi connectivity index (χ2n) is 0.808. The second kappa shape index (κ2) is 7.76. The summed E-state index contributed by atoms with van der Waals surface area (Å²) in [5.41, 5.74) is 0. The summed E-state index contributed by atoms with van der Waals surface area (Å²) in [5, 5.41) is 0. The molecule has 40 valence electrons. The molecule has 5 heteroatoms. The van der Waals surface area contributed by atoms with Crippen molar-refractivity contribution in [2.24, 2.45) is 0 Å². The number of rotatable bonds is 3. The minimum atomic E-state index is -2.68. The van der Waals surface area contributed by atoms with Crippen molar-refractivity contribution in [3.63, 3.8) is 0 Å². The van der Waals surface area contributed by atoms with Crippen molar-refractivity contribution in [2.45, 2.75) is 0 Å². The van der Waals surface area contributed by atoms with Crippen LogP contribution in [0.2, 0.25) is 0 Å². The Hall–Kier alpha value is 0.760. The predicted molar refractivity (Wildman–Crippen MR) is 23.8 cm³/mol. The van der Waals surface area contributed by atoms with Gasteiger partial charge < -0.3 is 4.89 Å². The first-order valence-corrected chi connectivity index (χ1v) is 2.75. The van der Waals surface area contributed by atoms with Crippen molar-refractivity contribution in [2.75, 3.05) is 6.61 Å². The zero-order chi connectivity index (χ0) is 5.70. The Morgan fingerprint density at radius 3 is 2.50 bits per heavy atom. The van der Waals surface area contributed by atoms with E-state index in [1.54, 1.807) is 0 Å². The van der Waals surface area contributed by atoms with Gasteiger partial charge in [0.2, 0.25) is 0 Å². The Kier molecular flexibility index (Phi) is 11.2. The van der Waals surface area contributed by atoms with Crippen molar-refractivity contribution in [1.29, 1.82) is 0 Å². The molecule has 0 fully saturated rings. The molecule has 0 N–H and O–H groups in total. The smallest absolute Gasteiger partial charge is 0.566 e. The molecule has 0 aromatic heterocycles. The molecule has 0 heterocycles. The molecule has 0 spiro atoms. The Bertz CT molecular complexity index is 84.6. The van der Waals surface area contributed by atoms with Crippen molar-refractivity contribution >= 4 is 8.25 Å². The summed E-state index contributed by atoms with van der Waals surface area (Å²) in [6.45, 7) is 3.31. The van der Waals surface area contributed by atoms with Crippen LogP contribution in [0.1, 0.15) is 0 Å². The molecule has 0 aliphatic carbocycles. The van der Waals surface area contributed by atoms with E-state index in [-0.39, 0.29) is 36.2 Å². The van der Waals surface area contributed by atoms with Crippen LogP contribution in [0.4, 0.5) is 0 Å². The molecule has 1 atom stereocenters. The first kappa shape index (κ1) is 11.5. The normalized spacial score (nSPS) is 9.38. The fourth-order valence-corrected chi connectivity index (χ4v) is 0.341. The van der Waals surface area contributed by atoms with E-state index in [2.05, 4.69) is 11.1 Å². The molecule has 3 nitrogen and oxygen atoms in total. The first-order valence-electron chi connectivity index (χ1n) is 1.65. The molecular weight excluding hydrogens is 138 g/mol. The zero-order valence-corrected chi connectivity index (χ0v) is 7.56. The zero-order valence-electron chi connectivity index (χ0n) is 4.66. The molecule has 0 bridgehead atoms. The minimum Gasteiger partial charge on any atom is -0.566 e. The van der Waals surface area contributed by atoms with E-state index in [1.165, 1.54) is 6.08 Å². The Morgan fingerprint density at radius 1 is 1.88 bits per heavy atom. The number of hydrogen-bond acceptors (Lipinski definition) is 3. The van der Waals surface area contributed by atoms with Crippen LogP contribution in [0.5, 0.6) is 0 Å². The van der Waals surface area contributed by atoms with Gasteiger partial charge in [0.1, 0.15) is 6.61 Å². The third kappa shape index (κ3) is 9.90. The summed E-state index contributed by atoms with van der Waals surface area (Å²) < 4.78 is 13.6. The van der Waals surface area contributed by atoms with Crippen LogP contribution in [0, 0.1) is 0 Å². The van der Waals surface area contributed by atoms with Crippen LogP contribution in [-0.2, 0) is 9.09 Å². The average Bonchev–Trinajstić information content (AvgIpc) is 1.61. The summed E-state index contributed by atoms with van der Waals surface area (Å²) in [7, 11) is -2.68. The molecule has 0 saturated carbocycles. The third-order valence-electron chi connectivity index (χ3n) is 0.298. The molecule has 0 saturated heterocycles. The van der Waals surface area contributed by atoms with Gasteiger partial charge in [-0.05, 0) is 4.57 Å². The molecule has 8 heavy (non-hydrogen) atoms. The Balaban J connectivity index is 0. The van der Waals surface area contributed by atoms with Gasteiger partial charge in [0, 0.05) is 0 Å². The van der Waals surface area contributed by atoms with Gasteiger partial charge >= 0.3 is 37.8 Å². The average molecular weight is 143 g/mol. The standard InChI is InChI=1S/C3H5O3P.Na/c1-2-3-6-7(4)5;/h2H,1,3H2;/q;+1. The molecular formula is C3H5NaO3P+. The largest absolute Gasteiger partial charge is 1.00 e. The Labute approximate surface area is 71.0 Å². The van der Waals surface area contributed by atoms with Crippen LogP contribution in [0.25, 0.3) is 0 Å². The summed E-state index contributed by atoms with van der Waals surface area (Å²) in [6, 6.07) is 0. The maximum absolute atomic E-state index is 9.53. The monoisotopic (exact) mass is 143 g/mol. The first-order chi connectivity index (χ1) is 3.27. The van der Waals surface area contributed by atoms with Crippen molar-refractivity contribution < 1.29 is 43.5 Å². The summed E-state index contributed by atoms with van der Waals surface area (Å²) in [5.74, 6) is 0. The van der Waals surface area contributed by atoms with E-state index < -0.39 is 8.25 Å². The van der Waals surface area contributed by atoms with Gasteiger partial charge in [-0.2, -0.15) is 0 Å². The van der Waals surface area contributed by atoms with Gasteiger partial charge in [0.15, 0.2) is 0 Å². The van der Waals surface area contributed by atoms with E-state index in [4.69, 9.17) is 0 Å². The van der Waals surface area contributed by atoms with Crippen LogP contribution < -0.4 is 34.5 Å². The number of hydrogen-bond donors (Lipinski definition) is 0. The van der Waals surface area contributed by atoms with Crippen LogP contribution >= 0.6 is 8.25 Å². The van der Waals surface area contributed by atoms with Crippen molar-refractivity contribution in [3.8, 4) is 0 Å². The Morgan fingerprint density at radius 2 is 2.38 bits per heavy atom. The van der Waals surface area contributed by atoms with Gasteiger partial charge in [0.25, 0.3) is 0 Å². The quantitative estimate of drug-likeness (QED) is 0.244. The molecule has 0 aromatic carbocycles. The molecule has 0 amide bonds. The van der Waals surface area contributed by atoms with E-state index in [1.807, 2.05) is 0 Å². The molecule has 0 rings (SSSR count). The predicted octanol–water partition coefficient (Wildman–Crippen LogP) is -2.79. The fourth-order valence-electron chi connectivity index (χ4n) is 0.114. The summed E-state index contributed by atoms with van der Waals surface area (Å²) in [6.07, 6.45) is 1.37. The SMILES string of the molecule is C=CCO[P+](=O)[O-].[Na+]. The topological polar surface area (TPSA) is 49.4 Å².